The first-order chi connectivity index (χ1) is 16.5. The van der Waals surface area contributed by atoms with Gasteiger partial charge in [0.15, 0.2) is 0 Å². The number of thiazole rings is 1. The number of sulfonamides is 1. The smallest absolute Gasteiger partial charge is 0.268 e. The van der Waals surface area contributed by atoms with Gasteiger partial charge in [0, 0.05) is 17.1 Å². The average Bonchev–Trinajstić information content (AvgIpc) is 3.25. The Morgan fingerprint density at radius 2 is 1.91 bits per heavy atom. The highest BCUT2D eigenvalue weighted by atomic mass is 32.2. The Morgan fingerprint density at radius 1 is 1.17 bits per heavy atom. The normalized spacial score (nSPS) is 11.9. The van der Waals surface area contributed by atoms with Crippen molar-refractivity contribution in [1.82, 2.24) is 9.71 Å². The van der Waals surface area contributed by atoms with E-state index in [0.29, 0.717) is 17.8 Å². The zero-order valence-corrected chi connectivity index (χ0v) is 22.6. The molecule has 1 amide bonds. The van der Waals surface area contributed by atoms with Crippen LogP contribution in [0.4, 0.5) is 0 Å². The van der Waals surface area contributed by atoms with E-state index < -0.39 is 21.7 Å². The SMILES string of the molecule is CCCCCc1cc(O)c(CC=C(C)CCC=C(C)C)c(O)c1S(=O)(=O)NC(=O)Cc1nccs1. The lowest BCUT2D eigenvalue weighted by Gasteiger charge is -2.17. The Bertz CT molecular complexity index is 1160. The van der Waals surface area contributed by atoms with Crippen molar-refractivity contribution in [3.05, 3.63) is 57.1 Å². The minimum Gasteiger partial charge on any atom is -0.508 e. The maximum Gasteiger partial charge on any atom is 0.268 e. The number of phenolic OH excluding ortho intramolecular Hbond substituents is 2. The molecule has 35 heavy (non-hydrogen) atoms. The molecule has 0 saturated heterocycles. The zero-order chi connectivity index (χ0) is 26.0. The number of carbonyl (C=O) groups excluding carboxylic acids is 1. The second-order valence-electron chi connectivity index (χ2n) is 8.87. The molecule has 0 aliphatic carbocycles. The number of phenols is 2. The monoisotopic (exact) mass is 520 g/mol. The highest BCUT2D eigenvalue weighted by Gasteiger charge is 2.29. The summed E-state index contributed by atoms with van der Waals surface area (Å²) < 4.78 is 28.5. The van der Waals surface area contributed by atoms with Crippen LogP contribution in [0.1, 0.15) is 75.9 Å². The van der Waals surface area contributed by atoms with Crippen LogP contribution in [0, 0.1) is 0 Å². The molecular weight excluding hydrogens is 484 g/mol. The molecule has 2 aromatic rings. The standard InChI is InChI=1S/C26H36N2O5S2/c1-5-6-7-11-20-16-22(29)21(13-12-19(4)10-8-9-18(2)3)25(31)26(20)35(32,33)28-23(30)17-24-27-14-15-34-24/h9,12,14-16,29,31H,5-8,10-11,13,17H2,1-4H3,(H,28,30). The first-order valence-electron chi connectivity index (χ1n) is 11.8. The van der Waals surface area contributed by atoms with Gasteiger partial charge in [-0.1, -0.05) is 43.1 Å². The summed E-state index contributed by atoms with van der Waals surface area (Å²) in [6.07, 6.45) is 10.1. The van der Waals surface area contributed by atoms with Crippen LogP contribution in [-0.4, -0.2) is 29.5 Å². The molecule has 3 N–H and O–H groups in total. The number of benzene rings is 1. The van der Waals surface area contributed by atoms with Gasteiger partial charge in [0.1, 0.15) is 21.4 Å². The van der Waals surface area contributed by atoms with Crippen LogP contribution in [0.25, 0.3) is 0 Å². The fourth-order valence-electron chi connectivity index (χ4n) is 3.66. The van der Waals surface area contributed by atoms with E-state index in [4.69, 9.17) is 0 Å². The summed E-state index contributed by atoms with van der Waals surface area (Å²) in [6, 6.07) is 1.40. The fourth-order valence-corrected chi connectivity index (χ4v) is 5.63. The van der Waals surface area contributed by atoms with Crippen LogP contribution in [0.2, 0.25) is 0 Å². The average molecular weight is 521 g/mol. The second kappa shape index (κ2) is 13.4. The number of allylic oxidation sites excluding steroid dienone is 4. The molecule has 9 heteroatoms. The third kappa shape index (κ3) is 8.81. The molecule has 0 radical (unpaired) electrons. The Morgan fingerprint density at radius 3 is 2.54 bits per heavy atom. The Kier molecular flexibility index (Phi) is 11.0. The van der Waals surface area contributed by atoms with Crippen LogP contribution in [0.15, 0.2) is 45.8 Å². The van der Waals surface area contributed by atoms with Gasteiger partial charge in [-0.15, -0.1) is 11.3 Å². The van der Waals surface area contributed by atoms with E-state index in [1.165, 1.54) is 23.0 Å². The van der Waals surface area contributed by atoms with Crippen molar-refractivity contribution >= 4 is 27.3 Å². The number of aryl methyl sites for hydroxylation is 1. The number of carbonyl (C=O) groups is 1. The van der Waals surface area contributed by atoms with Crippen LogP contribution in [-0.2, 0) is 34.1 Å². The van der Waals surface area contributed by atoms with Crippen molar-refractivity contribution in [3.8, 4) is 11.5 Å². The van der Waals surface area contributed by atoms with Gasteiger partial charge >= 0.3 is 0 Å². The summed E-state index contributed by atoms with van der Waals surface area (Å²) >= 11 is 1.25. The Hall–Kier alpha value is -2.65. The minimum absolute atomic E-state index is 0.124. The van der Waals surface area contributed by atoms with Crippen molar-refractivity contribution in [2.75, 3.05) is 0 Å². The molecule has 0 bridgehead atoms. The third-order valence-corrected chi connectivity index (χ3v) is 7.79. The summed E-state index contributed by atoms with van der Waals surface area (Å²) in [5.41, 5.74) is 2.71. The van der Waals surface area contributed by atoms with E-state index in [2.05, 4.69) is 15.8 Å². The summed E-state index contributed by atoms with van der Waals surface area (Å²) in [5, 5.41) is 23.9. The summed E-state index contributed by atoms with van der Waals surface area (Å²) in [6.45, 7) is 8.06. The first-order valence-corrected chi connectivity index (χ1v) is 14.2. The maximum absolute atomic E-state index is 13.2. The number of hydrogen-bond donors (Lipinski definition) is 3. The molecule has 0 unspecified atom stereocenters. The molecule has 1 aromatic heterocycles. The van der Waals surface area contributed by atoms with Crippen molar-refractivity contribution in [3.63, 3.8) is 0 Å². The number of nitrogens with zero attached hydrogens (tertiary/aromatic N) is 1. The van der Waals surface area contributed by atoms with Gasteiger partial charge in [0.2, 0.25) is 5.91 Å². The van der Waals surface area contributed by atoms with Gasteiger partial charge in [-0.05, 0) is 64.5 Å². The second-order valence-corrected chi connectivity index (χ2v) is 11.5. The number of aromatic nitrogens is 1. The predicted molar refractivity (Wildman–Crippen MR) is 140 cm³/mol. The van der Waals surface area contributed by atoms with Crippen LogP contribution in [0.3, 0.4) is 0 Å². The van der Waals surface area contributed by atoms with Gasteiger partial charge in [-0.3, -0.25) is 4.79 Å². The van der Waals surface area contributed by atoms with Crippen molar-refractivity contribution in [1.29, 1.82) is 0 Å². The van der Waals surface area contributed by atoms with Gasteiger partial charge in [0.05, 0.1) is 6.42 Å². The molecular formula is C26H36N2O5S2. The molecule has 0 saturated carbocycles. The Balaban J connectivity index is 2.38. The Labute approximate surface area is 212 Å². The summed E-state index contributed by atoms with van der Waals surface area (Å²) in [4.78, 5) is 16.1. The lowest BCUT2D eigenvalue weighted by atomic mass is 10.00. The maximum atomic E-state index is 13.2. The highest BCUT2D eigenvalue weighted by Crippen LogP contribution is 2.38. The molecule has 0 fully saturated rings. The minimum atomic E-state index is -4.37. The lowest BCUT2D eigenvalue weighted by molar-refractivity contribution is -0.118. The van der Waals surface area contributed by atoms with Crippen molar-refractivity contribution in [2.45, 2.75) is 84.0 Å². The molecule has 2 rings (SSSR count). The molecule has 0 aliphatic heterocycles. The summed E-state index contributed by atoms with van der Waals surface area (Å²) in [7, 11) is -4.37. The highest BCUT2D eigenvalue weighted by molar-refractivity contribution is 7.90. The molecule has 192 valence electrons. The van der Waals surface area contributed by atoms with E-state index in [1.807, 2.05) is 33.8 Å². The van der Waals surface area contributed by atoms with Gasteiger partial charge in [-0.2, -0.15) is 0 Å². The molecule has 0 aliphatic rings. The molecule has 0 spiro atoms. The van der Waals surface area contributed by atoms with Crippen LogP contribution in [0.5, 0.6) is 11.5 Å². The molecule has 7 nitrogen and oxygen atoms in total. The van der Waals surface area contributed by atoms with Crippen molar-refractivity contribution < 1.29 is 23.4 Å². The van der Waals surface area contributed by atoms with Gasteiger partial charge in [0.25, 0.3) is 10.0 Å². The van der Waals surface area contributed by atoms with Crippen molar-refractivity contribution in [2.24, 2.45) is 0 Å². The lowest BCUT2D eigenvalue weighted by Crippen LogP contribution is -2.32. The largest absolute Gasteiger partial charge is 0.508 e. The van der Waals surface area contributed by atoms with Crippen LogP contribution >= 0.6 is 11.3 Å². The topological polar surface area (TPSA) is 117 Å². The molecule has 0 atom stereocenters. The quantitative estimate of drug-likeness (QED) is 0.235. The van der Waals surface area contributed by atoms with Gasteiger partial charge in [-0.25, -0.2) is 18.1 Å². The number of aromatic hydroxyl groups is 2. The summed E-state index contributed by atoms with van der Waals surface area (Å²) in [5.74, 6) is -1.40. The van der Waals surface area contributed by atoms with E-state index in [-0.39, 0.29) is 34.6 Å². The van der Waals surface area contributed by atoms with E-state index in [1.54, 1.807) is 11.6 Å². The first kappa shape index (κ1) is 28.6. The van der Waals surface area contributed by atoms with E-state index >= 15 is 0 Å². The zero-order valence-electron chi connectivity index (χ0n) is 20.9. The number of hydrogen-bond acceptors (Lipinski definition) is 7. The van der Waals surface area contributed by atoms with E-state index in [0.717, 1.165) is 31.3 Å². The number of amides is 1. The third-order valence-electron chi connectivity index (χ3n) is 5.52. The van der Waals surface area contributed by atoms with Crippen LogP contribution < -0.4 is 4.72 Å². The molecule has 1 aromatic carbocycles. The van der Waals surface area contributed by atoms with Gasteiger partial charge < -0.3 is 10.2 Å². The fraction of sp³-hybridized carbons (Fsp3) is 0.462. The predicted octanol–water partition coefficient (Wildman–Crippen LogP) is 5.57. The molecule has 1 heterocycles. The number of rotatable bonds is 13. The number of nitrogens with one attached hydrogen (secondary N) is 1. The van der Waals surface area contributed by atoms with E-state index in [9.17, 15) is 23.4 Å². The number of unbranched alkanes of at least 4 members (excludes halogenated alkanes) is 2.